The van der Waals surface area contributed by atoms with Crippen molar-refractivity contribution >= 4 is 27.8 Å². The monoisotopic (exact) mass is 839 g/mol. The van der Waals surface area contributed by atoms with Crippen LogP contribution in [-0.2, 0) is 5.41 Å². The Morgan fingerprint density at radius 1 is 0.242 bits per heavy atom. The summed E-state index contributed by atoms with van der Waals surface area (Å²) in [4.78, 5) is 2.36. The van der Waals surface area contributed by atoms with Crippen molar-refractivity contribution in [3.8, 4) is 55.6 Å². The first-order valence-corrected chi connectivity index (χ1v) is 22.8. The van der Waals surface area contributed by atoms with Gasteiger partial charge >= 0.3 is 0 Å². The third-order valence-corrected chi connectivity index (χ3v) is 13.6. The van der Waals surface area contributed by atoms with E-state index in [4.69, 9.17) is 0 Å². The van der Waals surface area contributed by atoms with Crippen LogP contribution >= 0.6 is 0 Å². The Bertz CT molecular complexity index is 3330. The van der Waals surface area contributed by atoms with Crippen LogP contribution in [0.1, 0.15) is 22.3 Å². The zero-order chi connectivity index (χ0) is 43.9. The second-order valence-electron chi connectivity index (χ2n) is 17.2. The molecule has 0 aliphatic heterocycles. The molecule has 0 saturated carbocycles. The fourth-order valence-electron chi connectivity index (χ4n) is 10.5. The second-order valence-corrected chi connectivity index (χ2v) is 17.2. The van der Waals surface area contributed by atoms with Gasteiger partial charge in [0.25, 0.3) is 0 Å². The highest BCUT2D eigenvalue weighted by Gasteiger charge is 2.47. The number of anilines is 3. The minimum absolute atomic E-state index is 0.564. The normalized spacial score (nSPS) is 12.4. The first-order chi connectivity index (χ1) is 32.7. The van der Waals surface area contributed by atoms with Crippen molar-refractivity contribution < 1.29 is 0 Å². The molecule has 0 amide bonds. The van der Waals surface area contributed by atoms with Crippen molar-refractivity contribution in [2.24, 2.45) is 0 Å². The molecule has 0 unspecified atom stereocenters. The van der Waals surface area contributed by atoms with Gasteiger partial charge in [-0.1, -0.05) is 224 Å². The first-order valence-electron chi connectivity index (χ1n) is 22.8. The number of hydrogen-bond acceptors (Lipinski definition) is 1. The SMILES string of the molecule is c1ccc(-c2ccc(N(c3ccc(-c4ccccc4)cc3)c3ccc(-c4ccc5c(c4)C(c4ccccc4)(c4ccccc4)c4cc(-c6ccccc6)c6ccccc6c4-5)cc3)cc2)cc1. The molecule has 1 nitrogen and oxygen atoms in total. The molecule has 0 atom stereocenters. The number of fused-ring (bicyclic) bond motifs is 5. The molecule has 12 rings (SSSR count). The summed E-state index contributed by atoms with van der Waals surface area (Å²) in [6.45, 7) is 0. The molecule has 0 bridgehead atoms. The van der Waals surface area contributed by atoms with Crippen molar-refractivity contribution in [2.45, 2.75) is 5.41 Å². The summed E-state index contributed by atoms with van der Waals surface area (Å²) >= 11 is 0. The highest BCUT2D eigenvalue weighted by atomic mass is 15.1. The fraction of sp³-hybridized carbons (Fsp3) is 0.0154. The molecule has 0 aromatic heterocycles. The van der Waals surface area contributed by atoms with E-state index in [1.165, 1.54) is 88.7 Å². The molecule has 11 aromatic rings. The second kappa shape index (κ2) is 16.6. The van der Waals surface area contributed by atoms with E-state index in [-0.39, 0.29) is 0 Å². The van der Waals surface area contributed by atoms with Gasteiger partial charge in [0.1, 0.15) is 0 Å². The lowest BCUT2D eigenvalue weighted by Crippen LogP contribution is -2.28. The van der Waals surface area contributed by atoms with Gasteiger partial charge in [0.2, 0.25) is 0 Å². The van der Waals surface area contributed by atoms with Crippen LogP contribution in [0.2, 0.25) is 0 Å². The third kappa shape index (κ3) is 6.64. The maximum atomic E-state index is 2.49. The fourth-order valence-corrected chi connectivity index (χ4v) is 10.5. The van der Waals surface area contributed by atoms with E-state index in [2.05, 4.69) is 278 Å². The Hall–Kier alpha value is -8.52. The van der Waals surface area contributed by atoms with Crippen LogP contribution in [0.25, 0.3) is 66.4 Å². The summed E-state index contributed by atoms with van der Waals surface area (Å²) < 4.78 is 0. The summed E-state index contributed by atoms with van der Waals surface area (Å²) in [6, 6.07) is 100.0. The molecular weight excluding hydrogens is 795 g/mol. The molecule has 11 aromatic carbocycles. The van der Waals surface area contributed by atoms with Crippen molar-refractivity contribution in [3.63, 3.8) is 0 Å². The Kier molecular flexibility index (Phi) is 9.81. The highest BCUT2D eigenvalue weighted by molar-refractivity contribution is 6.10. The standard InChI is InChI=1S/C65H45N/c1-6-18-46(19-7-1)48-30-37-55(38-31-48)66(56-39-32-49(33-40-56)47-20-8-2-9-21-47)57-41-34-50(35-42-57)52-36-43-60-62(44-52)65(53-24-12-4-13-25-53,54-26-14-5-15-27-54)63-45-61(51-22-10-3-11-23-51)58-28-16-17-29-59(58)64(60)63/h1-45H. The van der Waals surface area contributed by atoms with E-state index < -0.39 is 5.41 Å². The lowest BCUT2D eigenvalue weighted by Gasteiger charge is -2.34. The van der Waals surface area contributed by atoms with Crippen molar-refractivity contribution in [1.82, 2.24) is 0 Å². The van der Waals surface area contributed by atoms with Crippen LogP contribution in [0.4, 0.5) is 17.1 Å². The summed E-state index contributed by atoms with van der Waals surface area (Å²) in [7, 11) is 0. The molecule has 1 aliphatic rings. The molecule has 310 valence electrons. The number of nitrogens with zero attached hydrogens (tertiary/aromatic N) is 1. The maximum absolute atomic E-state index is 2.49. The van der Waals surface area contributed by atoms with Crippen LogP contribution in [0.5, 0.6) is 0 Å². The van der Waals surface area contributed by atoms with E-state index in [1.807, 2.05) is 0 Å². The predicted molar refractivity (Wildman–Crippen MR) is 278 cm³/mol. The summed E-state index contributed by atoms with van der Waals surface area (Å²) in [5.74, 6) is 0. The van der Waals surface area contributed by atoms with Gasteiger partial charge in [0.05, 0.1) is 5.41 Å². The van der Waals surface area contributed by atoms with Gasteiger partial charge in [0.15, 0.2) is 0 Å². The van der Waals surface area contributed by atoms with Crippen LogP contribution in [-0.4, -0.2) is 0 Å². The molecule has 0 heterocycles. The molecule has 1 heteroatoms. The first kappa shape index (κ1) is 39.1. The lowest BCUT2D eigenvalue weighted by atomic mass is 9.67. The number of rotatable bonds is 9. The average Bonchev–Trinajstić information content (AvgIpc) is 3.71. The largest absolute Gasteiger partial charge is 0.311 e. The summed E-state index contributed by atoms with van der Waals surface area (Å²) in [5, 5.41) is 2.54. The Morgan fingerprint density at radius 2 is 0.606 bits per heavy atom. The van der Waals surface area contributed by atoms with Crippen molar-refractivity contribution in [1.29, 1.82) is 0 Å². The van der Waals surface area contributed by atoms with Crippen molar-refractivity contribution in [3.05, 3.63) is 295 Å². The molecule has 0 radical (unpaired) electrons. The van der Waals surface area contributed by atoms with E-state index >= 15 is 0 Å². The van der Waals surface area contributed by atoms with Gasteiger partial charge in [-0.15, -0.1) is 0 Å². The van der Waals surface area contributed by atoms with Crippen molar-refractivity contribution in [2.75, 3.05) is 4.90 Å². The van der Waals surface area contributed by atoms with Gasteiger partial charge in [-0.2, -0.15) is 0 Å². The van der Waals surface area contributed by atoms with Gasteiger partial charge in [-0.3, -0.25) is 0 Å². The Labute approximate surface area is 387 Å². The number of benzene rings is 11. The maximum Gasteiger partial charge on any atom is 0.0714 e. The molecule has 1 aliphatic carbocycles. The Balaban J connectivity index is 1.01. The average molecular weight is 840 g/mol. The van der Waals surface area contributed by atoms with E-state index in [0.717, 1.165) is 17.1 Å². The molecule has 0 fully saturated rings. The smallest absolute Gasteiger partial charge is 0.0714 e. The highest BCUT2D eigenvalue weighted by Crippen LogP contribution is 2.59. The lowest BCUT2D eigenvalue weighted by molar-refractivity contribution is 0.769. The third-order valence-electron chi connectivity index (χ3n) is 13.6. The van der Waals surface area contributed by atoms with Crippen LogP contribution in [0, 0.1) is 0 Å². The van der Waals surface area contributed by atoms with E-state index in [0.29, 0.717) is 0 Å². The predicted octanol–water partition coefficient (Wildman–Crippen LogP) is 17.3. The van der Waals surface area contributed by atoms with E-state index in [1.54, 1.807) is 0 Å². The zero-order valence-electron chi connectivity index (χ0n) is 36.4. The quantitative estimate of drug-likeness (QED) is 0.140. The molecular formula is C65H45N. The summed E-state index contributed by atoms with van der Waals surface area (Å²) in [6.07, 6.45) is 0. The molecule has 0 N–H and O–H groups in total. The van der Waals surface area contributed by atoms with Gasteiger partial charge in [-0.25, -0.2) is 0 Å². The van der Waals surface area contributed by atoms with Crippen LogP contribution in [0.15, 0.2) is 273 Å². The molecule has 0 spiro atoms. The topological polar surface area (TPSA) is 3.24 Å². The minimum atomic E-state index is -0.564. The minimum Gasteiger partial charge on any atom is -0.311 e. The van der Waals surface area contributed by atoms with E-state index in [9.17, 15) is 0 Å². The Morgan fingerprint density at radius 3 is 1.08 bits per heavy atom. The van der Waals surface area contributed by atoms with Gasteiger partial charge in [-0.05, 0) is 137 Å². The van der Waals surface area contributed by atoms with Gasteiger partial charge < -0.3 is 4.90 Å². The summed E-state index contributed by atoms with van der Waals surface area (Å²) in [5.41, 5.74) is 20.0. The number of hydrogen-bond donors (Lipinski definition) is 0. The van der Waals surface area contributed by atoms with Crippen LogP contribution < -0.4 is 4.90 Å². The molecule has 0 saturated heterocycles. The van der Waals surface area contributed by atoms with Gasteiger partial charge in [0, 0.05) is 17.1 Å². The molecule has 66 heavy (non-hydrogen) atoms. The zero-order valence-corrected chi connectivity index (χ0v) is 36.4. The van der Waals surface area contributed by atoms with Crippen LogP contribution in [0.3, 0.4) is 0 Å².